The van der Waals surface area contributed by atoms with Crippen molar-refractivity contribution in [2.45, 2.75) is 20.3 Å². The van der Waals surface area contributed by atoms with Gasteiger partial charge >= 0.3 is 5.97 Å². The highest BCUT2D eigenvalue weighted by Crippen LogP contribution is 2.26. The Bertz CT molecular complexity index is 356. The van der Waals surface area contributed by atoms with Crippen LogP contribution in [0.2, 0.25) is 0 Å². The lowest BCUT2D eigenvalue weighted by Crippen LogP contribution is -2.05. The predicted molar refractivity (Wildman–Crippen MR) is 58.5 cm³/mol. The average molecular weight is 208 g/mol. The van der Waals surface area contributed by atoms with Crippen molar-refractivity contribution in [1.82, 2.24) is 0 Å². The molecule has 0 fully saturated rings. The molecule has 0 aliphatic rings. The Labute approximate surface area is 89.7 Å². The number of carbonyl (C=O) groups is 1. The lowest BCUT2D eigenvalue weighted by atomic mass is 9.99. The summed E-state index contributed by atoms with van der Waals surface area (Å²) in [7, 11) is 1.51. The second kappa shape index (κ2) is 4.82. The molecule has 0 aromatic heterocycles. The maximum absolute atomic E-state index is 10.9. The van der Waals surface area contributed by atoms with Crippen LogP contribution >= 0.6 is 0 Å². The molecular formula is C12H16O3. The average Bonchev–Trinajstić information content (AvgIpc) is 2.16. The van der Waals surface area contributed by atoms with Crippen molar-refractivity contribution in [3.8, 4) is 5.75 Å². The van der Waals surface area contributed by atoms with Gasteiger partial charge in [-0.1, -0.05) is 26.0 Å². The molecule has 0 saturated heterocycles. The number of hydrogen-bond acceptors (Lipinski definition) is 2. The molecule has 1 aromatic rings. The van der Waals surface area contributed by atoms with Crippen molar-refractivity contribution in [3.63, 3.8) is 0 Å². The fourth-order valence-electron chi connectivity index (χ4n) is 1.59. The Morgan fingerprint density at radius 2 is 2.13 bits per heavy atom. The van der Waals surface area contributed by atoms with Gasteiger partial charge in [0, 0.05) is 0 Å². The fraction of sp³-hybridized carbons (Fsp3) is 0.417. The minimum atomic E-state index is -0.947. The van der Waals surface area contributed by atoms with Crippen LogP contribution in [0.1, 0.15) is 29.8 Å². The zero-order valence-corrected chi connectivity index (χ0v) is 9.28. The number of ether oxygens (including phenoxy) is 1. The zero-order valence-electron chi connectivity index (χ0n) is 9.28. The summed E-state index contributed by atoms with van der Waals surface area (Å²) >= 11 is 0. The molecular weight excluding hydrogens is 192 g/mol. The molecule has 1 rings (SSSR count). The Morgan fingerprint density at radius 1 is 1.47 bits per heavy atom. The maximum Gasteiger partial charge on any atom is 0.339 e. The number of rotatable bonds is 4. The van der Waals surface area contributed by atoms with Crippen molar-refractivity contribution in [2.24, 2.45) is 5.92 Å². The van der Waals surface area contributed by atoms with Crippen LogP contribution in [0.4, 0.5) is 0 Å². The van der Waals surface area contributed by atoms with Crippen LogP contribution in [0.3, 0.4) is 0 Å². The van der Waals surface area contributed by atoms with Gasteiger partial charge in [-0.3, -0.25) is 0 Å². The monoisotopic (exact) mass is 208 g/mol. The number of carboxylic acid groups (broad SMARTS) is 1. The molecule has 0 spiro atoms. The molecule has 0 unspecified atom stereocenters. The third-order valence-electron chi connectivity index (χ3n) is 2.16. The zero-order chi connectivity index (χ0) is 11.4. The van der Waals surface area contributed by atoms with Crippen molar-refractivity contribution in [3.05, 3.63) is 29.3 Å². The van der Waals surface area contributed by atoms with Gasteiger partial charge in [0.15, 0.2) is 0 Å². The normalized spacial score (nSPS) is 10.4. The number of aromatic carboxylic acids is 1. The van der Waals surface area contributed by atoms with E-state index in [4.69, 9.17) is 9.84 Å². The Hall–Kier alpha value is -1.51. The first-order chi connectivity index (χ1) is 7.06. The molecule has 0 atom stereocenters. The summed E-state index contributed by atoms with van der Waals surface area (Å²) < 4.78 is 5.16. The minimum Gasteiger partial charge on any atom is -0.496 e. The summed E-state index contributed by atoms with van der Waals surface area (Å²) in [5, 5.41) is 8.98. The van der Waals surface area contributed by atoms with E-state index >= 15 is 0 Å². The first-order valence-electron chi connectivity index (χ1n) is 4.95. The SMILES string of the molecule is COc1c(CC(C)C)cccc1C(=O)O. The Morgan fingerprint density at radius 3 is 2.60 bits per heavy atom. The smallest absolute Gasteiger partial charge is 0.339 e. The van der Waals surface area contributed by atoms with E-state index in [9.17, 15) is 4.79 Å². The van der Waals surface area contributed by atoms with Gasteiger partial charge in [0.1, 0.15) is 11.3 Å². The molecule has 0 bridgehead atoms. The summed E-state index contributed by atoms with van der Waals surface area (Å²) in [4.78, 5) is 10.9. The van der Waals surface area contributed by atoms with E-state index < -0.39 is 5.97 Å². The van der Waals surface area contributed by atoms with Crippen molar-refractivity contribution >= 4 is 5.97 Å². The van der Waals surface area contributed by atoms with Gasteiger partial charge in [0.2, 0.25) is 0 Å². The first kappa shape index (κ1) is 11.6. The van der Waals surface area contributed by atoms with Crippen LogP contribution in [-0.2, 0) is 6.42 Å². The molecule has 1 N–H and O–H groups in total. The number of para-hydroxylation sites is 1. The Kier molecular flexibility index (Phi) is 3.72. The van der Waals surface area contributed by atoms with E-state index in [1.165, 1.54) is 7.11 Å². The van der Waals surface area contributed by atoms with E-state index in [2.05, 4.69) is 13.8 Å². The molecule has 0 amide bonds. The molecule has 0 aliphatic carbocycles. The number of hydrogen-bond donors (Lipinski definition) is 1. The second-order valence-electron chi connectivity index (χ2n) is 3.90. The summed E-state index contributed by atoms with van der Waals surface area (Å²) in [6, 6.07) is 5.22. The molecule has 1 aromatic carbocycles. The van der Waals surface area contributed by atoms with Crippen molar-refractivity contribution in [1.29, 1.82) is 0 Å². The van der Waals surface area contributed by atoms with Gasteiger partial charge in [-0.15, -0.1) is 0 Å². The highest BCUT2D eigenvalue weighted by atomic mass is 16.5. The third kappa shape index (κ3) is 2.72. The highest BCUT2D eigenvalue weighted by molar-refractivity contribution is 5.91. The van der Waals surface area contributed by atoms with Crippen LogP contribution < -0.4 is 4.74 Å². The van der Waals surface area contributed by atoms with E-state index in [0.29, 0.717) is 11.7 Å². The largest absolute Gasteiger partial charge is 0.496 e. The van der Waals surface area contributed by atoms with Gasteiger partial charge in [-0.2, -0.15) is 0 Å². The van der Waals surface area contributed by atoms with Crippen LogP contribution in [-0.4, -0.2) is 18.2 Å². The van der Waals surface area contributed by atoms with E-state index in [-0.39, 0.29) is 5.56 Å². The van der Waals surface area contributed by atoms with Gasteiger partial charge in [-0.05, 0) is 24.0 Å². The van der Waals surface area contributed by atoms with E-state index in [1.54, 1.807) is 12.1 Å². The van der Waals surface area contributed by atoms with E-state index in [1.807, 2.05) is 6.07 Å². The number of benzene rings is 1. The number of methoxy groups -OCH3 is 1. The molecule has 82 valence electrons. The number of carboxylic acids is 1. The predicted octanol–water partition coefficient (Wildman–Crippen LogP) is 2.59. The molecule has 0 radical (unpaired) electrons. The lowest BCUT2D eigenvalue weighted by Gasteiger charge is -2.12. The first-order valence-corrected chi connectivity index (χ1v) is 4.95. The van der Waals surface area contributed by atoms with Crippen LogP contribution in [0.15, 0.2) is 18.2 Å². The topological polar surface area (TPSA) is 46.5 Å². The summed E-state index contributed by atoms with van der Waals surface area (Å²) in [6.07, 6.45) is 0.824. The summed E-state index contributed by atoms with van der Waals surface area (Å²) in [5.74, 6) is 0.0131. The molecule has 0 saturated carbocycles. The third-order valence-corrected chi connectivity index (χ3v) is 2.16. The molecule has 0 aliphatic heterocycles. The standard InChI is InChI=1S/C12H16O3/c1-8(2)7-9-5-4-6-10(12(13)14)11(9)15-3/h4-6,8H,7H2,1-3H3,(H,13,14). The second-order valence-corrected chi connectivity index (χ2v) is 3.90. The highest BCUT2D eigenvalue weighted by Gasteiger charge is 2.14. The van der Waals surface area contributed by atoms with Gasteiger partial charge in [0.05, 0.1) is 7.11 Å². The van der Waals surface area contributed by atoms with Crippen LogP contribution in [0.5, 0.6) is 5.75 Å². The molecule has 0 heterocycles. The lowest BCUT2D eigenvalue weighted by molar-refractivity contribution is 0.0693. The minimum absolute atomic E-state index is 0.232. The quantitative estimate of drug-likeness (QED) is 0.827. The summed E-state index contributed by atoms with van der Waals surface area (Å²) in [6.45, 7) is 4.18. The fourth-order valence-corrected chi connectivity index (χ4v) is 1.59. The van der Waals surface area contributed by atoms with Gasteiger partial charge in [-0.25, -0.2) is 4.79 Å². The van der Waals surface area contributed by atoms with Crippen LogP contribution in [0.25, 0.3) is 0 Å². The molecule has 15 heavy (non-hydrogen) atoms. The van der Waals surface area contributed by atoms with Gasteiger partial charge in [0.25, 0.3) is 0 Å². The molecule has 3 heteroatoms. The van der Waals surface area contributed by atoms with Crippen molar-refractivity contribution < 1.29 is 14.6 Å². The van der Waals surface area contributed by atoms with Gasteiger partial charge < -0.3 is 9.84 Å². The van der Waals surface area contributed by atoms with Crippen LogP contribution in [0, 0.1) is 5.92 Å². The van der Waals surface area contributed by atoms with Crippen molar-refractivity contribution in [2.75, 3.05) is 7.11 Å². The Balaban J connectivity index is 3.16. The maximum atomic E-state index is 10.9. The van der Waals surface area contributed by atoms with E-state index in [0.717, 1.165) is 12.0 Å². The summed E-state index contributed by atoms with van der Waals surface area (Å²) in [5.41, 5.74) is 1.18. The molecule has 3 nitrogen and oxygen atoms in total.